The number of aliphatic hydroxyl groups is 1. The van der Waals surface area contributed by atoms with Crippen molar-refractivity contribution in [2.75, 3.05) is 19.0 Å². The molecule has 4 rings (SSSR count). The summed E-state index contributed by atoms with van der Waals surface area (Å²) < 4.78 is 72.9. The van der Waals surface area contributed by atoms with Gasteiger partial charge in [-0.05, 0) is 49.3 Å². The zero-order valence-corrected chi connectivity index (χ0v) is 23.6. The fourth-order valence-electron chi connectivity index (χ4n) is 5.92. The predicted octanol–water partition coefficient (Wildman–Crippen LogP) is 4.10. The number of benzene rings is 2. The standard InChI is InChI=1S/C27H30ClF3N2O6S/c1-13(2)24(26(35)39-3)32-12-27(36)15-5-6-17(27)21(9-15)40(37,38)22-8-14(4-7-18(22)28)25(34)33-16-10-19(29)23(31)20(30)11-16/h4,7-8,10-11,13,15,17,21,24,32,36H,5-6,9,12H2,1-3H3,(H,33,34)/t15?,17?,21-,24+,27-/m1/s1. The van der Waals surface area contributed by atoms with E-state index < -0.39 is 62.0 Å². The number of rotatable bonds is 9. The van der Waals surface area contributed by atoms with E-state index >= 15 is 0 Å². The summed E-state index contributed by atoms with van der Waals surface area (Å²) in [5.74, 6) is -7.20. The number of carbonyl (C=O) groups excluding carboxylic acids is 2. The first kappa shape index (κ1) is 30.3. The number of esters is 1. The number of hydrogen-bond acceptors (Lipinski definition) is 7. The molecular formula is C27H30ClF3N2O6S. The Morgan fingerprint density at radius 3 is 2.40 bits per heavy atom. The van der Waals surface area contributed by atoms with Crippen LogP contribution in [0.5, 0.6) is 0 Å². The predicted molar refractivity (Wildman–Crippen MR) is 141 cm³/mol. The SMILES string of the molecule is COC(=O)[C@@H](NC[C@@]1(O)C2CCC1[C@H](S(=O)(=O)c1cc(C(=O)Nc3cc(F)c(F)c(F)c3)ccc1Cl)C2)C(C)C. The van der Waals surface area contributed by atoms with Crippen molar-refractivity contribution >= 4 is 39.0 Å². The maximum absolute atomic E-state index is 13.8. The number of methoxy groups -OCH3 is 1. The van der Waals surface area contributed by atoms with Crippen LogP contribution in [0.25, 0.3) is 0 Å². The van der Waals surface area contributed by atoms with E-state index in [1.54, 1.807) is 0 Å². The van der Waals surface area contributed by atoms with Crippen LogP contribution in [-0.2, 0) is 19.4 Å². The van der Waals surface area contributed by atoms with Crippen LogP contribution in [-0.4, -0.2) is 55.9 Å². The average Bonchev–Trinajstić information content (AvgIpc) is 3.36. The molecule has 0 aliphatic heterocycles. The minimum absolute atomic E-state index is 0.00668. The Bertz CT molecular complexity index is 1420. The van der Waals surface area contributed by atoms with Crippen molar-refractivity contribution < 1.29 is 41.0 Å². The maximum Gasteiger partial charge on any atom is 0.323 e. The second kappa shape index (κ2) is 11.3. The van der Waals surface area contributed by atoms with Gasteiger partial charge in [0.15, 0.2) is 27.3 Å². The number of carbonyl (C=O) groups is 2. The molecule has 218 valence electrons. The molecule has 2 fully saturated rings. The van der Waals surface area contributed by atoms with E-state index in [1.807, 2.05) is 13.8 Å². The lowest BCUT2D eigenvalue weighted by Gasteiger charge is -2.32. The van der Waals surface area contributed by atoms with Crippen LogP contribution in [0.15, 0.2) is 35.2 Å². The van der Waals surface area contributed by atoms with Crippen LogP contribution in [0.2, 0.25) is 5.02 Å². The van der Waals surface area contributed by atoms with Crippen molar-refractivity contribution in [1.29, 1.82) is 0 Å². The lowest BCUT2D eigenvalue weighted by atomic mass is 9.90. The molecule has 0 heterocycles. The summed E-state index contributed by atoms with van der Waals surface area (Å²) in [6.07, 6.45) is 1.22. The molecule has 2 bridgehead atoms. The second-order valence-electron chi connectivity index (χ2n) is 10.7. The molecule has 5 atom stereocenters. The van der Waals surface area contributed by atoms with Gasteiger partial charge < -0.3 is 20.5 Å². The van der Waals surface area contributed by atoms with Gasteiger partial charge in [-0.25, -0.2) is 21.6 Å². The van der Waals surface area contributed by atoms with Gasteiger partial charge in [0.25, 0.3) is 5.91 Å². The van der Waals surface area contributed by atoms with E-state index in [2.05, 4.69) is 10.6 Å². The second-order valence-corrected chi connectivity index (χ2v) is 13.2. The van der Waals surface area contributed by atoms with E-state index in [1.165, 1.54) is 19.2 Å². The fourth-order valence-corrected chi connectivity index (χ4v) is 8.61. The summed E-state index contributed by atoms with van der Waals surface area (Å²) in [6.45, 7) is 3.64. The number of ether oxygens (including phenoxy) is 1. The van der Waals surface area contributed by atoms with Gasteiger partial charge in [-0.3, -0.25) is 9.59 Å². The zero-order valence-electron chi connectivity index (χ0n) is 22.0. The monoisotopic (exact) mass is 602 g/mol. The van der Waals surface area contributed by atoms with Crippen LogP contribution < -0.4 is 10.6 Å². The molecule has 2 aliphatic carbocycles. The molecule has 0 spiro atoms. The zero-order chi connectivity index (χ0) is 29.6. The third-order valence-corrected chi connectivity index (χ3v) is 10.7. The number of anilines is 1. The van der Waals surface area contributed by atoms with Crippen molar-refractivity contribution in [2.45, 2.75) is 54.9 Å². The fraction of sp³-hybridized carbons (Fsp3) is 0.481. The molecule has 2 aromatic carbocycles. The lowest BCUT2D eigenvalue weighted by molar-refractivity contribution is -0.144. The Kier molecular flexibility index (Phi) is 8.56. The maximum atomic E-state index is 13.8. The average molecular weight is 603 g/mol. The normalized spacial score (nSPS) is 24.8. The molecule has 2 saturated carbocycles. The van der Waals surface area contributed by atoms with Gasteiger partial charge >= 0.3 is 5.97 Å². The van der Waals surface area contributed by atoms with Crippen molar-refractivity contribution in [2.24, 2.45) is 17.8 Å². The van der Waals surface area contributed by atoms with Gasteiger partial charge in [0.1, 0.15) is 6.04 Å². The van der Waals surface area contributed by atoms with Gasteiger partial charge in [0.2, 0.25) is 0 Å². The molecule has 3 N–H and O–H groups in total. The summed E-state index contributed by atoms with van der Waals surface area (Å²) in [5, 5.41) is 15.8. The molecule has 8 nitrogen and oxygen atoms in total. The molecule has 0 saturated heterocycles. The van der Waals surface area contributed by atoms with Gasteiger partial charge in [-0.1, -0.05) is 25.4 Å². The van der Waals surface area contributed by atoms with Gasteiger partial charge in [0, 0.05) is 35.8 Å². The Hall–Kier alpha value is -2.67. The molecule has 2 unspecified atom stereocenters. The largest absolute Gasteiger partial charge is 0.468 e. The first-order chi connectivity index (χ1) is 18.7. The summed E-state index contributed by atoms with van der Waals surface area (Å²) >= 11 is 6.27. The van der Waals surface area contributed by atoms with Crippen LogP contribution in [0, 0.1) is 35.2 Å². The smallest absolute Gasteiger partial charge is 0.323 e. The molecule has 40 heavy (non-hydrogen) atoms. The quantitative estimate of drug-likeness (QED) is 0.292. The Morgan fingerprint density at radius 2 is 1.80 bits per heavy atom. The van der Waals surface area contributed by atoms with Crippen LogP contribution in [0.3, 0.4) is 0 Å². The molecule has 1 amide bonds. The van der Waals surface area contributed by atoms with Crippen molar-refractivity contribution in [3.05, 3.63) is 58.4 Å². The van der Waals surface area contributed by atoms with Gasteiger partial charge in [-0.2, -0.15) is 0 Å². The lowest BCUT2D eigenvalue weighted by Crippen LogP contribution is -2.52. The number of nitrogens with one attached hydrogen (secondary N) is 2. The summed E-state index contributed by atoms with van der Waals surface area (Å²) in [5.41, 5.74) is -1.92. The van der Waals surface area contributed by atoms with Gasteiger partial charge in [-0.15, -0.1) is 0 Å². The highest BCUT2D eigenvalue weighted by Gasteiger charge is 2.61. The third-order valence-electron chi connectivity index (χ3n) is 8.01. The van der Waals surface area contributed by atoms with Crippen molar-refractivity contribution in [3.63, 3.8) is 0 Å². The van der Waals surface area contributed by atoms with E-state index in [9.17, 15) is 36.3 Å². The number of sulfone groups is 1. The minimum Gasteiger partial charge on any atom is -0.468 e. The highest BCUT2D eigenvalue weighted by atomic mass is 35.5. The van der Waals surface area contributed by atoms with Crippen LogP contribution >= 0.6 is 11.6 Å². The van der Waals surface area contributed by atoms with Crippen LogP contribution in [0.1, 0.15) is 43.5 Å². The third kappa shape index (κ3) is 5.46. The molecule has 0 radical (unpaired) electrons. The molecular weight excluding hydrogens is 573 g/mol. The highest BCUT2D eigenvalue weighted by Crippen LogP contribution is 2.55. The Balaban J connectivity index is 1.57. The number of fused-ring (bicyclic) bond motifs is 2. The molecule has 2 aromatic rings. The number of halogens is 4. The number of amides is 1. The summed E-state index contributed by atoms with van der Waals surface area (Å²) in [6, 6.07) is 4.04. The Labute approximate surface area is 235 Å². The molecule has 2 aliphatic rings. The van der Waals surface area contributed by atoms with E-state index in [0.717, 1.165) is 6.07 Å². The minimum atomic E-state index is -4.16. The van der Waals surface area contributed by atoms with Crippen molar-refractivity contribution in [1.82, 2.24) is 5.32 Å². The Morgan fingerprint density at radius 1 is 1.15 bits per heavy atom. The van der Waals surface area contributed by atoms with E-state index in [4.69, 9.17) is 16.3 Å². The highest BCUT2D eigenvalue weighted by molar-refractivity contribution is 7.92. The first-order valence-corrected chi connectivity index (χ1v) is 14.7. The molecule has 0 aromatic heterocycles. The topological polar surface area (TPSA) is 122 Å². The van der Waals surface area contributed by atoms with Crippen molar-refractivity contribution in [3.8, 4) is 0 Å². The number of hydrogen-bond donors (Lipinski definition) is 3. The first-order valence-electron chi connectivity index (χ1n) is 12.7. The summed E-state index contributed by atoms with van der Waals surface area (Å²) in [4.78, 5) is 24.6. The summed E-state index contributed by atoms with van der Waals surface area (Å²) in [7, 11) is -2.89. The van der Waals surface area contributed by atoms with Gasteiger partial charge in [0.05, 0.1) is 27.9 Å². The van der Waals surface area contributed by atoms with Crippen LogP contribution in [0.4, 0.5) is 18.9 Å². The van der Waals surface area contributed by atoms with E-state index in [0.29, 0.717) is 25.0 Å². The molecule has 13 heteroatoms. The van der Waals surface area contributed by atoms with E-state index in [-0.39, 0.29) is 46.0 Å².